The summed E-state index contributed by atoms with van der Waals surface area (Å²) in [6, 6.07) is 0. The Bertz CT molecular complexity index is 396. The first kappa shape index (κ1) is 18.6. The molecule has 0 aromatic heterocycles. The fraction of sp³-hybridized carbons (Fsp3) is 0.941. The lowest BCUT2D eigenvalue weighted by Crippen LogP contribution is -2.72. The second kappa shape index (κ2) is 5.98. The van der Waals surface area contributed by atoms with Crippen LogP contribution >= 0.6 is 0 Å². The van der Waals surface area contributed by atoms with Crippen LogP contribution in [0.5, 0.6) is 0 Å². The molecule has 0 radical (unpaired) electrons. The van der Waals surface area contributed by atoms with E-state index in [1.165, 1.54) is 0 Å². The van der Waals surface area contributed by atoms with Crippen LogP contribution in [0.15, 0.2) is 0 Å². The van der Waals surface area contributed by atoms with Crippen molar-refractivity contribution in [3.8, 4) is 0 Å². The van der Waals surface area contributed by atoms with E-state index in [4.69, 9.17) is 14.2 Å². The van der Waals surface area contributed by atoms with Crippen LogP contribution in [0.1, 0.15) is 49.0 Å². The minimum absolute atomic E-state index is 0. The largest absolute Gasteiger partial charge is 0.366 e. The molecule has 1 spiro atoms. The van der Waals surface area contributed by atoms with Gasteiger partial charge in [0.1, 0.15) is 11.7 Å². The Kier molecular flexibility index (Phi) is 5.29. The molecule has 2 heterocycles. The fourth-order valence-electron chi connectivity index (χ4n) is 5.03. The minimum atomic E-state index is -0.409. The topological polar surface area (TPSA) is 44.8 Å². The van der Waals surface area contributed by atoms with Crippen molar-refractivity contribution in [2.24, 2.45) is 23.7 Å². The quantitative estimate of drug-likeness (QED) is 0.785. The van der Waals surface area contributed by atoms with Gasteiger partial charge >= 0.3 is 0 Å². The van der Waals surface area contributed by atoms with E-state index in [-0.39, 0.29) is 44.4 Å². The molecular formula is C17H32O4. The summed E-state index contributed by atoms with van der Waals surface area (Å²) < 4.78 is 17.7. The Labute approximate surface area is 129 Å². The number of Topliss-reactive ketones (excluding diaryl/α,β-unsaturated/α-hetero) is 1. The van der Waals surface area contributed by atoms with Crippen molar-refractivity contribution < 1.29 is 19.0 Å². The van der Waals surface area contributed by atoms with E-state index in [0.29, 0.717) is 17.8 Å². The van der Waals surface area contributed by atoms with Gasteiger partial charge in [-0.3, -0.25) is 4.79 Å². The van der Waals surface area contributed by atoms with E-state index in [0.717, 1.165) is 6.42 Å². The van der Waals surface area contributed by atoms with E-state index >= 15 is 0 Å². The number of carbonyl (C=O) groups is 1. The molecule has 2 saturated heterocycles. The highest BCUT2D eigenvalue weighted by Crippen LogP contribution is 2.63. The van der Waals surface area contributed by atoms with Crippen LogP contribution in [0, 0.1) is 23.7 Å². The maximum atomic E-state index is 11.8. The molecule has 3 unspecified atom stereocenters. The number of methoxy groups -OCH3 is 1. The maximum Gasteiger partial charge on any atom is 0.187 e. The molecule has 4 heteroatoms. The lowest BCUT2D eigenvalue weighted by molar-refractivity contribution is -0.388. The molecule has 0 N–H and O–H groups in total. The summed E-state index contributed by atoms with van der Waals surface area (Å²) in [7, 11) is 1.65. The lowest BCUT2D eigenvalue weighted by Gasteiger charge is -2.60. The molecule has 8 atom stereocenters. The summed E-state index contributed by atoms with van der Waals surface area (Å²) in [5.74, 6) is 1.73. The SMILES string of the molecule is C.C.CO[C@H]1O[C@H](C(C)=O)[C@H](C)[C@@H]2CC(C)C3C(C)O[C@@]312. The number of rotatable bonds is 2. The predicted octanol–water partition coefficient (Wildman–Crippen LogP) is 3.28. The summed E-state index contributed by atoms with van der Waals surface area (Å²) in [6.45, 7) is 8.13. The molecule has 1 saturated carbocycles. The van der Waals surface area contributed by atoms with Crippen LogP contribution in [0.2, 0.25) is 0 Å². The zero-order chi connectivity index (χ0) is 13.9. The van der Waals surface area contributed by atoms with Gasteiger partial charge in [0.05, 0.1) is 6.10 Å². The molecule has 3 rings (SSSR count). The van der Waals surface area contributed by atoms with E-state index in [1.807, 2.05) is 0 Å². The molecule has 0 aromatic rings. The van der Waals surface area contributed by atoms with Gasteiger partial charge in [0.2, 0.25) is 0 Å². The Morgan fingerprint density at radius 1 is 1.24 bits per heavy atom. The number of ether oxygens (including phenoxy) is 3. The van der Waals surface area contributed by atoms with Crippen LogP contribution < -0.4 is 0 Å². The van der Waals surface area contributed by atoms with Gasteiger partial charge in [-0.25, -0.2) is 0 Å². The van der Waals surface area contributed by atoms with Gasteiger partial charge < -0.3 is 14.2 Å². The third-order valence-corrected chi connectivity index (χ3v) is 5.60. The average Bonchev–Trinajstić information content (AvgIpc) is 2.56. The van der Waals surface area contributed by atoms with Crippen molar-refractivity contribution >= 4 is 5.78 Å². The van der Waals surface area contributed by atoms with Gasteiger partial charge in [-0.2, -0.15) is 0 Å². The summed E-state index contributed by atoms with van der Waals surface area (Å²) in [4.78, 5) is 11.8. The van der Waals surface area contributed by atoms with Crippen LogP contribution in [0.3, 0.4) is 0 Å². The second-order valence-electron chi connectivity index (χ2n) is 6.62. The Morgan fingerprint density at radius 3 is 2.33 bits per heavy atom. The predicted molar refractivity (Wildman–Crippen MR) is 83.0 cm³/mol. The molecule has 0 bridgehead atoms. The van der Waals surface area contributed by atoms with E-state index < -0.39 is 6.29 Å². The van der Waals surface area contributed by atoms with Crippen molar-refractivity contribution in [2.45, 2.75) is 73.1 Å². The summed E-state index contributed by atoms with van der Waals surface area (Å²) in [6.07, 6.45) is 0.602. The highest BCUT2D eigenvalue weighted by atomic mass is 16.7. The summed E-state index contributed by atoms with van der Waals surface area (Å²) in [5, 5.41) is 0. The van der Waals surface area contributed by atoms with Crippen molar-refractivity contribution in [3.05, 3.63) is 0 Å². The zero-order valence-corrected chi connectivity index (χ0v) is 12.4. The smallest absolute Gasteiger partial charge is 0.187 e. The standard InChI is InChI=1S/C15H24O4.2CH4/c1-7-6-11-8(2)13(9(3)16)18-14(17-5)15(11)12(7)10(4)19-15;;/h7-8,10-14H,6H2,1-5H3;2*1H4/t7?,8-,10?,11+,12?,13+,14+,15+;;/m1../s1. The van der Waals surface area contributed by atoms with Crippen LogP contribution in [0.4, 0.5) is 0 Å². The van der Waals surface area contributed by atoms with Gasteiger partial charge in [-0.15, -0.1) is 0 Å². The molecule has 0 aromatic carbocycles. The first-order chi connectivity index (χ1) is 8.93. The average molecular weight is 300 g/mol. The lowest BCUT2D eigenvalue weighted by atomic mass is 9.67. The van der Waals surface area contributed by atoms with E-state index in [2.05, 4.69) is 20.8 Å². The van der Waals surface area contributed by atoms with Gasteiger partial charge in [0, 0.05) is 13.0 Å². The van der Waals surface area contributed by atoms with Gasteiger partial charge in [0.15, 0.2) is 12.1 Å². The maximum absolute atomic E-state index is 11.8. The Hall–Kier alpha value is -0.450. The third-order valence-electron chi connectivity index (χ3n) is 5.60. The van der Waals surface area contributed by atoms with Gasteiger partial charge in [-0.1, -0.05) is 28.7 Å². The first-order valence-corrected chi connectivity index (χ1v) is 7.30. The molecular weight excluding hydrogens is 268 g/mol. The van der Waals surface area contributed by atoms with Crippen LogP contribution in [0.25, 0.3) is 0 Å². The van der Waals surface area contributed by atoms with Gasteiger partial charge in [-0.05, 0) is 38.0 Å². The monoisotopic (exact) mass is 300 g/mol. The fourth-order valence-corrected chi connectivity index (χ4v) is 5.03. The number of hydrogen-bond acceptors (Lipinski definition) is 4. The summed E-state index contributed by atoms with van der Waals surface area (Å²) in [5.41, 5.74) is -0.320. The number of carbonyl (C=O) groups excluding carboxylic acids is 1. The van der Waals surface area contributed by atoms with Crippen molar-refractivity contribution in [3.63, 3.8) is 0 Å². The molecule has 1 aliphatic carbocycles. The molecule has 0 amide bonds. The molecule has 3 aliphatic rings. The van der Waals surface area contributed by atoms with Crippen molar-refractivity contribution in [1.82, 2.24) is 0 Å². The molecule has 124 valence electrons. The Morgan fingerprint density at radius 2 is 1.86 bits per heavy atom. The van der Waals surface area contributed by atoms with Crippen LogP contribution in [-0.4, -0.2) is 37.0 Å². The molecule has 2 aliphatic heterocycles. The highest BCUT2D eigenvalue weighted by molar-refractivity contribution is 5.81. The van der Waals surface area contributed by atoms with E-state index in [9.17, 15) is 4.79 Å². The second-order valence-corrected chi connectivity index (χ2v) is 6.62. The first-order valence-electron chi connectivity index (χ1n) is 7.30. The number of hydrogen-bond donors (Lipinski definition) is 0. The van der Waals surface area contributed by atoms with E-state index in [1.54, 1.807) is 14.0 Å². The molecule has 21 heavy (non-hydrogen) atoms. The third kappa shape index (κ3) is 2.18. The minimum Gasteiger partial charge on any atom is -0.366 e. The van der Waals surface area contributed by atoms with Gasteiger partial charge in [0.25, 0.3) is 0 Å². The van der Waals surface area contributed by atoms with Crippen LogP contribution in [-0.2, 0) is 19.0 Å². The zero-order valence-electron chi connectivity index (χ0n) is 12.4. The normalized spacial score (nSPS) is 50.8. The van der Waals surface area contributed by atoms with Crippen molar-refractivity contribution in [1.29, 1.82) is 0 Å². The molecule has 3 fully saturated rings. The molecule has 4 nitrogen and oxygen atoms in total. The number of ketones is 1. The highest BCUT2D eigenvalue weighted by Gasteiger charge is 2.72. The summed E-state index contributed by atoms with van der Waals surface area (Å²) >= 11 is 0. The van der Waals surface area contributed by atoms with Crippen molar-refractivity contribution in [2.75, 3.05) is 7.11 Å². The Balaban J connectivity index is 0.00000110.